The Labute approximate surface area is 118 Å². The van der Waals surface area contributed by atoms with Crippen molar-refractivity contribution >= 4 is 5.97 Å². The van der Waals surface area contributed by atoms with Crippen LogP contribution >= 0.6 is 0 Å². The first-order valence-electron chi connectivity index (χ1n) is 7.03. The molecule has 0 heterocycles. The molecule has 1 saturated carbocycles. The maximum atomic E-state index is 12.7. The third kappa shape index (κ3) is 5.31. The zero-order valence-corrected chi connectivity index (χ0v) is 12.3. The first kappa shape index (κ1) is 17.3. The highest BCUT2D eigenvalue weighted by atomic mass is 19.4. The lowest BCUT2D eigenvalue weighted by molar-refractivity contribution is -0.164. The van der Waals surface area contributed by atoms with Gasteiger partial charge in [-0.15, -0.1) is 0 Å². The zero-order valence-electron chi connectivity index (χ0n) is 12.3. The van der Waals surface area contributed by atoms with Gasteiger partial charge in [-0.2, -0.15) is 13.2 Å². The van der Waals surface area contributed by atoms with Gasteiger partial charge in [0.05, 0.1) is 13.1 Å². The number of rotatable bonds is 4. The largest absolute Gasteiger partial charge is 0.480 e. The number of hydrogen-bond donors (Lipinski definition) is 1. The van der Waals surface area contributed by atoms with Crippen LogP contribution < -0.4 is 0 Å². The van der Waals surface area contributed by atoms with Crippen molar-refractivity contribution in [3.05, 3.63) is 0 Å². The van der Waals surface area contributed by atoms with Crippen LogP contribution in [0.15, 0.2) is 0 Å². The molecule has 1 rings (SSSR count). The number of aliphatic carboxylic acids is 1. The molecule has 0 aromatic carbocycles. The van der Waals surface area contributed by atoms with Crippen LogP contribution in [0.25, 0.3) is 0 Å². The average Bonchev–Trinajstić information content (AvgIpc) is 2.24. The number of carboxylic acids is 1. The third-order valence-corrected chi connectivity index (χ3v) is 4.03. The van der Waals surface area contributed by atoms with Crippen LogP contribution in [0.5, 0.6) is 0 Å². The molecule has 20 heavy (non-hydrogen) atoms. The van der Waals surface area contributed by atoms with Crippen LogP contribution in [0.4, 0.5) is 13.2 Å². The minimum absolute atomic E-state index is 0.0953. The summed E-state index contributed by atoms with van der Waals surface area (Å²) in [5, 5.41) is 8.89. The number of carboxylic acid groups (broad SMARTS) is 1. The fourth-order valence-electron chi connectivity index (χ4n) is 3.25. The minimum atomic E-state index is -4.37. The number of halogens is 3. The smallest absolute Gasteiger partial charge is 0.401 e. The molecule has 0 saturated heterocycles. The summed E-state index contributed by atoms with van der Waals surface area (Å²) in [5.41, 5.74) is -0.118. The second-order valence-electron chi connectivity index (χ2n) is 6.74. The van der Waals surface area contributed by atoms with E-state index in [1.807, 2.05) is 20.8 Å². The lowest BCUT2D eigenvalue weighted by Gasteiger charge is -2.45. The average molecular weight is 295 g/mol. The summed E-state index contributed by atoms with van der Waals surface area (Å²) < 4.78 is 38.1. The van der Waals surface area contributed by atoms with Gasteiger partial charge in [0.2, 0.25) is 0 Å². The fraction of sp³-hybridized carbons (Fsp3) is 0.929. The number of alkyl halides is 3. The number of hydrogen-bond acceptors (Lipinski definition) is 2. The summed E-state index contributed by atoms with van der Waals surface area (Å²) in [6, 6.07) is -0.304. The van der Waals surface area contributed by atoms with Gasteiger partial charge in [0.15, 0.2) is 0 Å². The Bertz CT molecular complexity index is 336. The summed E-state index contributed by atoms with van der Waals surface area (Å²) in [7, 11) is 0. The molecule has 0 radical (unpaired) electrons. The molecule has 0 spiro atoms. The Morgan fingerprint density at radius 1 is 1.20 bits per heavy atom. The lowest BCUT2D eigenvalue weighted by Crippen LogP contribution is -2.51. The first-order chi connectivity index (χ1) is 9.00. The fourth-order valence-corrected chi connectivity index (χ4v) is 3.25. The van der Waals surface area contributed by atoms with Crippen LogP contribution in [-0.4, -0.2) is 41.3 Å². The van der Waals surface area contributed by atoms with Gasteiger partial charge in [0, 0.05) is 6.04 Å². The highest BCUT2D eigenvalue weighted by Gasteiger charge is 2.41. The molecule has 0 aliphatic heterocycles. The van der Waals surface area contributed by atoms with E-state index in [-0.39, 0.29) is 17.4 Å². The molecule has 2 atom stereocenters. The summed E-state index contributed by atoms with van der Waals surface area (Å²) in [4.78, 5) is 12.0. The Kier molecular flexibility index (Phi) is 5.46. The monoisotopic (exact) mass is 295 g/mol. The molecular formula is C14H24F3NO2. The van der Waals surface area contributed by atoms with E-state index < -0.39 is 25.2 Å². The Morgan fingerprint density at radius 2 is 1.75 bits per heavy atom. The van der Waals surface area contributed by atoms with Crippen molar-refractivity contribution in [2.24, 2.45) is 11.3 Å². The van der Waals surface area contributed by atoms with Crippen molar-refractivity contribution < 1.29 is 23.1 Å². The van der Waals surface area contributed by atoms with Crippen molar-refractivity contribution in [1.29, 1.82) is 0 Å². The standard InChI is InChI=1S/C14H24F3NO2/c1-13(2,3)10-6-4-5-7-11(10)18(8-12(19)20)9-14(15,16)17/h10-11H,4-9H2,1-3H3,(H,19,20). The molecule has 118 valence electrons. The first-order valence-corrected chi connectivity index (χ1v) is 7.03. The predicted octanol–water partition coefficient (Wildman–Crippen LogP) is 3.54. The molecule has 6 heteroatoms. The predicted molar refractivity (Wildman–Crippen MR) is 70.5 cm³/mol. The van der Waals surface area contributed by atoms with E-state index in [1.165, 1.54) is 0 Å². The molecule has 1 fully saturated rings. The molecule has 0 amide bonds. The molecule has 1 aliphatic carbocycles. The second kappa shape index (κ2) is 6.33. The molecule has 2 unspecified atom stereocenters. The van der Waals surface area contributed by atoms with Crippen molar-refractivity contribution in [3.8, 4) is 0 Å². The van der Waals surface area contributed by atoms with Crippen LogP contribution in [0.3, 0.4) is 0 Å². The van der Waals surface area contributed by atoms with E-state index >= 15 is 0 Å². The third-order valence-electron chi connectivity index (χ3n) is 4.03. The van der Waals surface area contributed by atoms with Crippen LogP contribution in [0, 0.1) is 11.3 Å². The van der Waals surface area contributed by atoms with Gasteiger partial charge < -0.3 is 5.11 Å². The Hall–Kier alpha value is -0.780. The molecule has 0 aromatic rings. The van der Waals surface area contributed by atoms with Gasteiger partial charge in [-0.1, -0.05) is 33.6 Å². The van der Waals surface area contributed by atoms with Crippen molar-refractivity contribution in [1.82, 2.24) is 4.90 Å². The van der Waals surface area contributed by atoms with Gasteiger partial charge >= 0.3 is 12.1 Å². The summed E-state index contributed by atoms with van der Waals surface area (Å²) in [5.74, 6) is -1.11. The maximum absolute atomic E-state index is 12.7. The topological polar surface area (TPSA) is 40.5 Å². The van der Waals surface area contributed by atoms with Crippen LogP contribution in [0.2, 0.25) is 0 Å². The molecule has 0 aromatic heterocycles. The summed E-state index contributed by atoms with van der Waals surface area (Å²) in [6.07, 6.45) is -0.987. The van der Waals surface area contributed by atoms with Crippen molar-refractivity contribution in [2.75, 3.05) is 13.1 Å². The number of carbonyl (C=O) groups is 1. The van der Waals surface area contributed by atoms with Crippen LogP contribution in [0.1, 0.15) is 46.5 Å². The van der Waals surface area contributed by atoms with Crippen molar-refractivity contribution in [2.45, 2.75) is 58.7 Å². The summed E-state index contributed by atoms with van der Waals surface area (Å²) >= 11 is 0. The van der Waals surface area contributed by atoms with Gasteiger partial charge in [0.1, 0.15) is 0 Å². The van der Waals surface area contributed by atoms with E-state index in [1.54, 1.807) is 0 Å². The second-order valence-corrected chi connectivity index (χ2v) is 6.74. The molecule has 1 N–H and O–H groups in total. The van der Waals surface area contributed by atoms with Gasteiger partial charge in [-0.3, -0.25) is 9.69 Å². The SMILES string of the molecule is CC(C)(C)C1CCCCC1N(CC(=O)O)CC(F)(F)F. The number of nitrogens with zero attached hydrogens (tertiary/aromatic N) is 1. The lowest BCUT2D eigenvalue weighted by atomic mass is 9.69. The highest BCUT2D eigenvalue weighted by molar-refractivity contribution is 5.69. The Morgan fingerprint density at radius 3 is 2.20 bits per heavy atom. The Balaban J connectivity index is 2.93. The molecular weight excluding hydrogens is 271 g/mol. The van der Waals surface area contributed by atoms with Gasteiger partial charge in [0.25, 0.3) is 0 Å². The van der Waals surface area contributed by atoms with E-state index in [4.69, 9.17) is 5.11 Å². The summed E-state index contributed by atoms with van der Waals surface area (Å²) in [6.45, 7) is 4.36. The van der Waals surface area contributed by atoms with Gasteiger partial charge in [-0.05, 0) is 24.2 Å². The van der Waals surface area contributed by atoms with E-state index in [9.17, 15) is 18.0 Å². The van der Waals surface area contributed by atoms with Crippen molar-refractivity contribution in [3.63, 3.8) is 0 Å². The minimum Gasteiger partial charge on any atom is -0.480 e. The molecule has 3 nitrogen and oxygen atoms in total. The highest BCUT2D eigenvalue weighted by Crippen LogP contribution is 2.40. The van der Waals surface area contributed by atoms with E-state index in [0.29, 0.717) is 6.42 Å². The van der Waals surface area contributed by atoms with E-state index in [0.717, 1.165) is 24.2 Å². The zero-order chi connectivity index (χ0) is 15.6. The van der Waals surface area contributed by atoms with Gasteiger partial charge in [-0.25, -0.2) is 0 Å². The quantitative estimate of drug-likeness (QED) is 0.862. The van der Waals surface area contributed by atoms with E-state index in [2.05, 4.69) is 0 Å². The molecule has 0 bridgehead atoms. The molecule has 1 aliphatic rings. The van der Waals surface area contributed by atoms with Crippen LogP contribution in [-0.2, 0) is 4.79 Å². The maximum Gasteiger partial charge on any atom is 0.401 e. The normalized spacial score (nSPS) is 24.9.